The highest BCUT2D eigenvalue weighted by atomic mass is 16.4. The first kappa shape index (κ1) is 15.3. The summed E-state index contributed by atoms with van der Waals surface area (Å²) < 4.78 is 1.60. The van der Waals surface area contributed by atoms with Crippen molar-refractivity contribution >= 4 is 17.7 Å². The topological polar surface area (TPSA) is 87.5 Å². The summed E-state index contributed by atoms with van der Waals surface area (Å²) in [5.74, 6) is -0.863. The number of urea groups is 1. The number of hydrogen-bond donors (Lipinski definition) is 2. The molecule has 7 nitrogen and oxygen atoms in total. The minimum absolute atomic E-state index is 0.00996. The molecule has 0 unspecified atom stereocenters. The Morgan fingerprint density at radius 2 is 2.10 bits per heavy atom. The molecular formula is C14H22N4O3. The Kier molecular flexibility index (Phi) is 4.50. The number of aryl methyl sites for hydroxylation is 1. The molecule has 0 atom stereocenters. The maximum absolute atomic E-state index is 12.4. The molecule has 1 heterocycles. The summed E-state index contributed by atoms with van der Waals surface area (Å²) in [6, 6.07) is -0.286. The Hall–Kier alpha value is -2.05. The van der Waals surface area contributed by atoms with Crippen molar-refractivity contribution in [3.8, 4) is 0 Å². The van der Waals surface area contributed by atoms with Gasteiger partial charge in [0.2, 0.25) is 0 Å². The summed E-state index contributed by atoms with van der Waals surface area (Å²) in [7, 11) is 3.45. The first-order valence-electron chi connectivity index (χ1n) is 7.18. The van der Waals surface area contributed by atoms with Gasteiger partial charge in [0.25, 0.3) is 0 Å². The monoisotopic (exact) mass is 294 g/mol. The van der Waals surface area contributed by atoms with Gasteiger partial charge < -0.3 is 15.3 Å². The van der Waals surface area contributed by atoms with E-state index in [1.54, 1.807) is 36.1 Å². The second kappa shape index (κ2) is 6.15. The number of amides is 2. The van der Waals surface area contributed by atoms with Gasteiger partial charge in [-0.25, -0.2) is 4.79 Å². The molecule has 21 heavy (non-hydrogen) atoms. The van der Waals surface area contributed by atoms with E-state index in [-0.39, 0.29) is 12.5 Å². The Labute approximate surface area is 123 Å². The van der Waals surface area contributed by atoms with E-state index >= 15 is 0 Å². The summed E-state index contributed by atoms with van der Waals surface area (Å²) in [5.41, 5.74) is 0.0201. The van der Waals surface area contributed by atoms with E-state index in [0.29, 0.717) is 5.69 Å². The van der Waals surface area contributed by atoms with Crippen LogP contribution in [0.25, 0.3) is 0 Å². The maximum Gasteiger partial charge on any atom is 0.322 e. The van der Waals surface area contributed by atoms with Crippen molar-refractivity contribution in [2.24, 2.45) is 7.05 Å². The Balaban J connectivity index is 2.11. The molecule has 1 aromatic rings. The number of carboxylic acid groups (broad SMARTS) is 1. The lowest BCUT2D eigenvalue weighted by Crippen LogP contribution is -2.53. The maximum atomic E-state index is 12.4. The zero-order valence-electron chi connectivity index (χ0n) is 12.5. The molecule has 2 amide bonds. The first-order chi connectivity index (χ1) is 9.93. The number of anilines is 1. The second-order valence-corrected chi connectivity index (χ2v) is 5.75. The third-order valence-corrected chi connectivity index (χ3v) is 4.24. The minimum Gasteiger partial charge on any atom is -0.481 e. The lowest BCUT2D eigenvalue weighted by Gasteiger charge is -2.43. The summed E-state index contributed by atoms with van der Waals surface area (Å²) in [6.07, 6.45) is 7.73. The number of hydrogen-bond acceptors (Lipinski definition) is 3. The van der Waals surface area contributed by atoms with Crippen molar-refractivity contribution in [2.75, 3.05) is 12.4 Å². The molecule has 0 radical (unpaired) electrons. The zero-order valence-corrected chi connectivity index (χ0v) is 12.5. The van der Waals surface area contributed by atoms with Gasteiger partial charge in [-0.15, -0.1) is 0 Å². The van der Waals surface area contributed by atoms with Crippen molar-refractivity contribution < 1.29 is 14.7 Å². The Bertz CT molecular complexity index is 520. The van der Waals surface area contributed by atoms with E-state index in [9.17, 15) is 14.7 Å². The van der Waals surface area contributed by atoms with Crippen molar-refractivity contribution in [1.29, 1.82) is 0 Å². The van der Waals surface area contributed by atoms with E-state index in [2.05, 4.69) is 10.4 Å². The highest BCUT2D eigenvalue weighted by Crippen LogP contribution is 2.36. The average Bonchev–Trinajstić information content (AvgIpc) is 2.83. The molecule has 1 fully saturated rings. The molecule has 0 saturated heterocycles. The fraction of sp³-hybridized carbons (Fsp3) is 0.643. The van der Waals surface area contributed by atoms with Crippen LogP contribution in [0.4, 0.5) is 10.5 Å². The molecule has 116 valence electrons. The molecule has 2 rings (SSSR count). The van der Waals surface area contributed by atoms with Gasteiger partial charge in [-0.1, -0.05) is 19.3 Å². The largest absolute Gasteiger partial charge is 0.481 e. The molecule has 7 heteroatoms. The number of carboxylic acids is 1. The highest BCUT2D eigenvalue weighted by molar-refractivity contribution is 5.89. The Morgan fingerprint density at radius 1 is 1.43 bits per heavy atom. The molecule has 2 N–H and O–H groups in total. The number of nitrogens with zero attached hydrogens (tertiary/aromatic N) is 3. The van der Waals surface area contributed by atoms with Gasteiger partial charge in [0, 0.05) is 20.3 Å². The van der Waals surface area contributed by atoms with Gasteiger partial charge in [-0.3, -0.25) is 9.48 Å². The predicted octanol–water partition coefficient (Wildman–Crippen LogP) is 2.06. The quantitative estimate of drug-likeness (QED) is 0.889. The van der Waals surface area contributed by atoms with Crippen LogP contribution in [0.2, 0.25) is 0 Å². The van der Waals surface area contributed by atoms with Crippen LogP contribution < -0.4 is 5.32 Å². The molecule has 1 aliphatic carbocycles. The predicted molar refractivity (Wildman–Crippen MR) is 78.1 cm³/mol. The summed E-state index contributed by atoms with van der Waals surface area (Å²) in [6.45, 7) is 0. The van der Waals surface area contributed by atoms with Crippen molar-refractivity contribution in [3.05, 3.63) is 12.4 Å². The number of rotatable bonds is 4. The van der Waals surface area contributed by atoms with E-state index in [4.69, 9.17) is 0 Å². The van der Waals surface area contributed by atoms with Gasteiger partial charge in [0.05, 0.1) is 23.8 Å². The highest BCUT2D eigenvalue weighted by Gasteiger charge is 2.40. The summed E-state index contributed by atoms with van der Waals surface area (Å²) in [5, 5.41) is 15.9. The number of aromatic nitrogens is 2. The van der Waals surface area contributed by atoms with Crippen LogP contribution in [0.1, 0.15) is 38.5 Å². The summed E-state index contributed by atoms with van der Waals surface area (Å²) in [4.78, 5) is 25.1. The van der Waals surface area contributed by atoms with Crippen molar-refractivity contribution in [1.82, 2.24) is 14.7 Å². The van der Waals surface area contributed by atoms with Gasteiger partial charge in [0.15, 0.2) is 0 Å². The molecular weight excluding hydrogens is 272 g/mol. The van der Waals surface area contributed by atoms with Gasteiger partial charge in [-0.05, 0) is 12.8 Å². The third-order valence-electron chi connectivity index (χ3n) is 4.24. The number of nitrogens with one attached hydrogen (secondary N) is 1. The van der Waals surface area contributed by atoms with Gasteiger partial charge in [-0.2, -0.15) is 5.10 Å². The molecule has 0 aliphatic heterocycles. The van der Waals surface area contributed by atoms with Gasteiger partial charge in [0.1, 0.15) is 0 Å². The fourth-order valence-electron chi connectivity index (χ4n) is 3.03. The minimum atomic E-state index is -0.863. The average molecular weight is 294 g/mol. The number of aliphatic carboxylic acids is 1. The molecule has 1 aliphatic rings. The first-order valence-corrected chi connectivity index (χ1v) is 7.18. The van der Waals surface area contributed by atoms with Crippen LogP contribution in [0.3, 0.4) is 0 Å². The Morgan fingerprint density at radius 3 is 2.62 bits per heavy atom. The zero-order chi connectivity index (χ0) is 15.5. The van der Waals surface area contributed by atoms with E-state index < -0.39 is 11.5 Å². The van der Waals surface area contributed by atoms with Crippen molar-refractivity contribution in [3.63, 3.8) is 0 Å². The second-order valence-electron chi connectivity index (χ2n) is 5.75. The number of carbonyl (C=O) groups is 2. The van der Waals surface area contributed by atoms with Crippen LogP contribution in [0.15, 0.2) is 12.4 Å². The molecule has 0 bridgehead atoms. The van der Waals surface area contributed by atoms with Gasteiger partial charge >= 0.3 is 12.0 Å². The lowest BCUT2D eigenvalue weighted by atomic mass is 9.78. The standard InChI is InChI=1S/C14H22N4O3/c1-17-10-11(9-15-17)16-13(21)18(2)14(8-12(19)20)6-4-3-5-7-14/h9-10H,3-8H2,1-2H3,(H,16,21)(H,19,20). The molecule has 1 aromatic heterocycles. The van der Waals surface area contributed by atoms with E-state index in [0.717, 1.165) is 32.1 Å². The lowest BCUT2D eigenvalue weighted by molar-refractivity contribution is -0.140. The van der Waals surface area contributed by atoms with Crippen LogP contribution in [0.5, 0.6) is 0 Å². The van der Waals surface area contributed by atoms with E-state index in [1.165, 1.54) is 0 Å². The normalized spacial score (nSPS) is 17.2. The van der Waals surface area contributed by atoms with Crippen molar-refractivity contribution in [2.45, 2.75) is 44.1 Å². The fourth-order valence-corrected chi connectivity index (χ4v) is 3.03. The summed E-state index contributed by atoms with van der Waals surface area (Å²) >= 11 is 0. The molecule has 0 aromatic carbocycles. The van der Waals surface area contributed by atoms with Crippen LogP contribution in [-0.2, 0) is 11.8 Å². The van der Waals surface area contributed by atoms with Crippen LogP contribution >= 0.6 is 0 Å². The smallest absolute Gasteiger partial charge is 0.322 e. The number of carbonyl (C=O) groups excluding carboxylic acids is 1. The van der Waals surface area contributed by atoms with Crippen LogP contribution in [-0.4, -0.2) is 44.4 Å². The molecule has 1 saturated carbocycles. The molecule has 0 spiro atoms. The van der Waals surface area contributed by atoms with E-state index in [1.807, 2.05) is 0 Å². The third kappa shape index (κ3) is 3.53. The SMILES string of the molecule is CN(C(=O)Nc1cnn(C)c1)C1(CC(=O)O)CCCCC1. The van der Waals surface area contributed by atoms with Crippen LogP contribution in [0, 0.1) is 0 Å².